The average molecular weight is 352 g/mol. The summed E-state index contributed by atoms with van der Waals surface area (Å²) in [5.74, 6) is 0.842. The smallest absolute Gasteiger partial charge is 0.252 e. The molecule has 2 amide bonds. The maximum absolute atomic E-state index is 12.7. The normalized spacial score (nSPS) is 19.6. The third kappa shape index (κ3) is 3.49. The van der Waals surface area contributed by atoms with Crippen LogP contribution < -0.4 is 10.6 Å². The largest absolute Gasteiger partial charge is 0.365 e. The van der Waals surface area contributed by atoms with E-state index >= 15 is 0 Å². The van der Waals surface area contributed by atoms with Gasteiger partial charge in [-0.25, -0.2) is 4.98 Å². The summed E-state index contributed by atoms with van der Waals surface area (Å²) >= 11 is 0. The minimum atomic E-state index is -0.0386. The van der Waals surface area contributed by atoms with Crippen molar-refractivity contribution in [3.05, 3.63) is 35.9 Å². The molecule has 1 aliphatic heterocycles. The predicted octanol–water partition coefficient (Wildman–Crippen LogP) is 2.55. The lowest BCUT2D eigenvalue weighted by atomic mass is 10.1. The number of aromatic nitrogens is 1. The summed E-state index contributed by atoms with van der Waals surface area (Å²) in [5.41, 5.74) is 1.46. The minimum absolute atomic E-state index is 0.0386. The highest BCUT2D eigenvalue weighted by Crippen LogP contribution is 2.25. The Balaban J connectivity index is 1.57. The summed E-state index contributed by atoms with van der Waals surface area (Å²) in [4.78, 5) is 31.1. The Labute approximate surface area is 153 Å². The number of nitrogens with one attached hydrogen (secondary N) is 2. The van der Waals surface area contributed by atoms with E-state index in [1.807, 2.05) is 42.2 Å². The molecule has 2 N–H and O–H groups in total. The summed E-state index contributed by atoms with van der Waals surface area (Å²) in [6.45, 7) is 3.34. The average Bonchev–Trinajstić information content (AvgIpc) is 3.35. The quantitative estimate of drug-likeness (QED) is 0.867. The number of amides is 2. The van der Waals surface area contributed by atoms with Crippen molar-refractivity contribution in [2.24, 2.45) is 0 Å². The van der Waals surface area contributed by atoms with Crippen LogP contribution in [0.4, 0.5) is 5.82 Å². The van der Waals surface area contributed by atoms with Gasteiger partial charge in [-0.1, -0.05) is 25.1 Å². The second-order valence-electron chi connectivity index (χ2n) is 7.14. The molecule has 2 heterocycles. The van der Waals surface area contributed by atoms with Crippen LogP contribution in [0.1, 0.15) is 43.0 Å². The lowest BCUT2D eigenvalue weighted by Crippen LogP contribution is -2.31. The number of para-hydroxylation sites is 1. The van der Waals surface area contributed by atoms with E-state index in [0.29, 0.717) is 30.4 Å². The number of carbonyl (C=O) groups is 2. The Bertz CT molecular complexity index is 847. The number of anilines is 1. The van der Waals surface area contributed by atoms with Gasteiger partial charge in [0.25, 0.3) is 5.91 Å². The van der Waals surface area contributed by atoms with Gasteiger partial charge in [0.1, 0.15) is 5.82 Å². The first kappa shape index (κ1) is 16.8. The fourth-order valence-electron chi connectivity index (χ4n) is 3.47. The van der Waals surface area contributed by atoms with Crippen LogP contribution in [0.2, 0.25) is 0 Å². The van der Waals surface area contributed by atoms with Gasteiger partial charge in [-0.3, -0.25) is 9.59 Å². The van der Waals surface area contributed by atoms with E-state index in [1.165, 1.54) is 0 Å². The van der Waals surface area contributed by atoms with E-state index in [4.69, 9.17) is 0 Å². The highest BCUT2D eigenvalue weighted by Gasteiger charge is 2.27. The van der Waals surface area contributed by atoms with E-state index in [9.17, 15) is 9.59 Å². The van der Waals surface area contributed by atoms with Gasteiger partial charge in [0.15, 0.2) is 0 Å². The summed E-state index contributed by atoms with van der Waals surface area (Å²) in [5, 5.41) is 7.35. The molecule has 4 rings (SSSR count). The zero-order valence-electron chi connectivity index (χ0n) is 15.0. The van der Waals surface area contributed by atoms with Crippen molar-refractivity contribution in [3.63, 3.8) is 0 Å². The van der Waals surface area contributed by atoms with Crippen LogP contribution in [0.15, 0.2) is 30.3 Å². The van der Waals surface area contributed by atoms with Crippen LogP contribution in [-0.2, 0) is 4.79 Å². The standard InChI is InChI=1S/C20H24N4O2/c1-2-19(25)24-10-9-14(12-24)21-18-11-16(20(26)22-13-7-8-13)15-5-3-4-6-17(15)23-18/h3-6,11,13-14H,2,7-10,12H2,1H3,(H,21,23)(H,22,26). The molecule has 0 radical (unpaired) electrons. The molecule has 0 spiro atoms. The molecule has 2 aliphatic rings. The molecule has 136 valence electrons. The number of fused-ring (bicyclic) bond motifs is 1. The van der Waals surface area contributed by atoms with Gasteiger partial charge in [0.2, 0.25) is 5.91 Å². The van der Waals surface area contributed by atoms with Crippen LogP contribution in [0.25, 0.3) is 10.9 Å². The SMILES string of the molecule is CCC(=O)N1CCC(Nc2cc(C(=O)NC3CC3)c3ccccc3n2)C1. The van der Waals surface area contributed by atoms with Crippen LogP contribution in [0.5, 0.6) is 0 Å². The van der Waals surface area contributed by atoms with Crippen molar-refractivity contribution >= 4 is 28.5 Å². The Morgan fingerprint density at radius 1 is 1.19 bits per heavy atom. The Morgan fingerprint density at radius 3 is 2.77 bits per heavy atom. The molecule has 6 heteroatoms. The maximum atomic E-state index is 12.7. The lowest BCUT2D eigenvalue weighted by molar-refractivity contribution is -0.129. The maximum Gasteiger partial charge on any atom is 0.252 e. The number of benzene rings is 1. The molecule has 6 nitrogen and oxygen atoms in total. The van der Waals surface area contributed by atoms with E-state index in [1.54, 1.807) is 0 Å². The van der Waals surface area contributed by atoms with Gasteiger partial charge in [0.05, 0.1) is 11.1 Å². The summed E-state index contributed by atoms with van der Waals surface area (Å²) < 4.78 is 0. The zero-order valence-corrected chi connectivity index (χ0v) is 15.0. The number of likely N-dealkylation sites (tertiary alicyclic amines) is 1. The number of rotatable bonds is 5. The van der Waals surface area contributed by atoms with Crippen LogP contribution in [0.3, 0.4) is 0 Å². The lowest BCUT2D eigenvalue weighted by Gasteiger charge is -2.17. The first-order chi connectivity index (χ1) is 12.6. The Hall–Kier alpha value is -2.63. The molecule has 1 atom stereocenters. The molecule has 26 heavy (non-hydrogen) atoms. The first-order valence-corrected chi connectivity index (χ1v) is 9.39. The van der Waals surface area contributed by atoms with Crippen molar-refractivity contribution in [2.75, 3.05) is 18.4 Å². The summed E-state index contributed by atoms with van der Waals surface area (Å²) in [7, 11) is 0. The predicted molar refractivity (Wildman–Crippen MR) is 101 cm³/mol. The molecule has 2 fully saturated rings. The molecule has 1 aromatic carbocycles. The van der Waals surface area contributed by atoms with Crippen LogP contribution in [0, 0.1) is 0 Å². The summed E-state index contributed by atoms with van der Waals surface area (Å²) in [6, 6.07) is 10.0. The molecule has 0 bridgehead atoms. The molecule has 1 saturated heterocycles. The van der Waals surface area contributed by atoms with Crippen molar-refractivity contribution in [2.45, 2.75) is 44.7 Å². The molecule has 1 aromatic heterocycles. The van der Waals surface area contributed by atoms with Crippen molar-refractivity contribution in [1.82, 2.24) is 15.2 Å². The third-order valence-electron chi connectivity index (χ3n) is 5.07. The summed E-state index contributed by atoms with van der Waals surface area (Å²) in [6.07, 6.45) is 3.54. The highest BCUT2D eigenvalue weighted by atomic mass is 16.2. The zero-order chi connectivity index (χ0) is 18.1. The third-order valence-corrected chi connectivity index (χ3v) is 5.07. The Morgan fingerprint density at radius 2 is 2.00 bits per heavy atom. The number of hydrogen-bond donors (Lipinski definition) is 2. The topological polar surface area (TPSA) is 74.3 Å². The first-order valence-electron chi connectivity index (χ1n) is 9.39. The van der Waals surface area contributed by atoms with Gasteiger partial charge in [-0.2, -0.15) is 0 Å². The van der Waals surface area contributed by atoms with Crippen molar-refractivity contribution in [3.8, 4) is 0 Å². The molecule has 1 unspecified atom stereocenters. The van der Waals surface area contributed by atoms with E-state index in [0.717, 1.165) is 36.7 Å². The second-order valence-corrected chi connectivity index (χ2v) is 7.14. The number of hydrogen-bond acceptors (Lipinski definition) is 4. The molecule has 1 aliphatic carbocycles. The fourth-order valence-corrected chi connectivity index (χ4v) is 3.47. The van der Waals surface area contributed by atoms with Gasteiger partial charge >= 0.3 is 0 Å². The molecule has 2 aromatic rings. The van der Waals surface area contributed by atoms with Gasteiger partial charge in [-0.15, -0.1) is 0 Å². The van der Waals surface area contributed by atoms with E-state index in [-0.39, 0.29) is 17.9 Å². The second kappa shape index (κ2) is 6.94. The van der Waals surface area contributed by atoms with Crippen LogP contribution in [-0.4, -0.2) is 46.9 Å². The molecular weight excluding hydrogens is 328 g/mol. The molecular formula is C20H24N4O2. The van der Waals surface area contributed by atoms with E-state index < -0.39 is 0 Å². The Kier molecular flexibility index (Phi) is 4.49. The minimum Gasteiger partial charge on any atom is -0.365 e. The van der Waals surface area contributed by atoms with Gasteiger partial charge < -0.3 is 15.5 Å². The number of carbonyl (C=O) groups excluding carboxylic acids is 2. The molecule has 1 saturated carbocycles. The number of pyridine rings is 1. The monoisotopic (exact) mass is 352 g/mol. The van der Waals surface area contributed by atoms with Crippen molar-refractivity contribution < 1.29 is 9.59 Å². The highest BCUT2D eigenvalue weighted by molar-refractivity contribution is 6.07. The van der Waals surface area contributed by atoms with Gasteiger partial charge in [0, 0.05) is 37.0 Å². The van der Waals surface area contributed by atoms with Crippen LogP contribution >= 0.6 is 0 Å². The fraction of sp³-hybridized carbons (Fsp3) is 0.450. The van der Waals surface area contributed by atoms with Gasteiger partial charge in [-0.05, 0) is 31.4 Å². The number of nitrogens with zero attached hydrogens (tertiary/aromatic N) is 2. The van der Waals surface area contributed by atoms with E-state index in [2.05, 4.69) is 15.6 Å². The van der Waals surface area contributed by atoms with Crippen molar-refractivity contribution in [1.29, 1.82) is 0 Å².